The predicted octanol–water partition coefficient (Wildman–Crippen LogP) is 2.56. The van der Waals surface area contributed by atoms with Crippen molar-refractivity contribution in [2.45, 2.75) is 38.6 Å². The molecule has 2 amide bonds. The molecule has 2 saturated carbocycles. The van der Waals surface area contributed by atoms with Gasteiger partial charge < -0.3 is 16.4 Å². The molecule has 0 radical (unpaired) electrons. The van der Waals surface area contributed by atoms with Gasteiger partial charge in [0, 0.05) is 23.8 Å². The summed E-state index contributed by atoms with van der Waals surface area (Å²) in [5.41, 5.74) is 7.54. The van der Waals surface area contributed by atoms with Gasteiger partial charge in [0.05, 0.1) is 5.92 Å². The number of nitrogens with two attached hydrogens (primary N) is 1. The normalized spacial score (nSPS) is 27.4. The smallest absolute Gasteiger partial charge is 0.251 e. The fourth-order valence-electron chi connectivity index (χ4n) is 4.00. The van der Waals surface area contributed by atoms with E-state index in [9.17, 15) is 9.59 Å². The number of hydrogen-bond acceptors (Lipinski definition) is 3. The summed E-state index contributed by atoms with van der Waals surface area (Å²) >= 11 is 0. The van der Waals surface area contributed by atoms with Gasteiger partial charge in [0.15, 0.2) is 0 Å². The van der Waals surface area contributed by atoms with E-state index in [1.165, 1.54) is 0 Å². The van der Waals surface area contributed by atoms with Crippen molar-refractivity contribution in [1.82, 2.24) is 5.32 Å². The third kappa shape index (κ3) is 3.73. The molecule has 0 aromatic heterocycles. The zero-order valence-electron chi connectivity index (χ0n) is 14.0. The maximum Gasteiger partial charge on any atom is 0.251 e. The van der Waals surface area contributed by atoms with Crippen LogP contribution in [0.4, 0.5) is 5.69 Å². The van der Waals surface area contributed by atoms with Crippen molar-refractivity contribution in [3.05, 3.63) is 29.8 Å². The highest BCUT2D eigenvalue weighted by Gasteiger charge is 2.49. The lowest BCUT2D eigenvalue weighted by atomic mass is 9.84. The van der Waals surface area contributed by atoms with Crippen LogP contribution in [0.3, 0.4) is 0 Å². The van der Waals surface area contributed by atoms with Crippen LogP contribution in [-0.4, -0.2) is 24.4 Å². The summed E-state index contributed by atoms with van der Waals surface area (Å²) in [5.74, 6) is 0.823. The van der Waals surface area contributed by atoms with E-state index in [4.69, 9.17) is 5.73 Å². The van der Waals surface area contributed by atoms with Crippen molar-refractivity contribution in [2.24, 2.45) is 23.5 Å². The summed E-state index contributed by atoms with van der Waals surface area (Å²) in [6.07, 6.45) is 4.28. The third-order valence-corrected chi connectivity index (χ3v) is 5.23. The summed E-state index contributed by atoms with van der Waals surface area (Å²) in [5, 5.41) is 5.79. The minimum absolute atomic E-state index is 0. The summed E-state index contributed by atoms with van der Waals surface area (Å²) in [6, 6.07) is 7.02. The molecule has 132 valence electrons. The van der Waals surface area contributed by atoms with Crippen molar-refractivity contribution in [3.63, 3.8) is 0 Å². The quantitative estimate of drug-likeness (QED) is 0.762. The topological polar surface area (TPSA) is 84.2 Å². The van der Waals surface area contributed by atoms with Gasteiger partial charge in [-0.1, -0.05) is 6.92 Å². The van der Waals surface area contributed by atoms with Crippen molar-refractivity contribution < 1.29 is 9.59 Å². The van der Waals surface area contributed by atoms with Crippen LogP contribution in [0.2, 0.25) is 0 Å². The number of hydrogen-bond donors (Lipinski definition) is 3. The molecule has 4 N–H and O–H groups in total. The average Bonchev–Trinajstić information content (AvgIpc) is 3.14. The van der Waals surface area contributed by atoms with Crippen LogP contribution in [-0.2, 0) is 4.79 Å². The monoisotopic (exact) mass is 351 g/mol. The number of fused-ring (bicyclic) bond motifs is 2. The van der Waals surface area contributed by atoms with Crippen LogP contribution < -0.4 is 16.4 Å². The Hall–Kier alpha value is -1.59. The highest BCUT2D eigenvalue weighted by Crippen LogP contribution is 2.47. The SMILES string of the molecule is CCCNC(=O)c1ccc(NC(=O)C2C3CCC(C3)C2N)cc1.Cl. The molecule has 1 aromatic rings. The Kier molecular flexibility index (Phi) is 6.24. The van der Waals surface area contributed by atoms with Gasteiger partial charge in [-0.05, 0) is 61.8 Å². The molecular formula is C18H26ClN3O2. The molecule has 2 fully saturated rings. The van der Waals surface area contributed by atoms with Crippen molar-refractivity contribution in [3.8, 4) is 0 Å². The maximum atomic E-state index is 12.5. The van der Waals surface area contributed by atoms with Gasteiger partial charge in [-0.25, -0.2) is 0 Å². The third-order valence-electron chi connectivity index (χ3n) is 5.23. The zero-order chi connectivity index (χ0) is 16.4. The molecule has 24 heavy (non-hydrogen) atoms. The molecule has 6 heteroatoms. The van der Waals surface area contributed by atoms with Crippen LogP contribution >= 0.6 is 12.4 Å². The summed E-state index contributed by atoms with van der Waals surface area (Å²) in [6.45, 7) is 2.68. The number of anilines is 1. The molecule has 2 aliphatic carbocycles. The molecule has 0 spiro atoms. The summed E-state index contributed by atoms with van der Waals surface area (Å²) < 4.78 is 0. The molecule has 0 saturated heterocycles. The first-order valence-corrected chi connectivity index (χ1v) is 8.55. The van der Waals surface area contributed by atoms with Gasteiger partial charge in [-0.15, -0.1) is 12.4 Å². The molecule has 2 bridgehead atoms. The fraction of sp³-hybridized carbons (Fsp3) is 0.556. The first-order valence-electron chi connectivity index (χ1n) is 8.55. The van der Waals surface area contributed by atoms with Gasteiger partial charge in [0.2, 0.25) is 5.91 Å². The highest BCUT2D eigenvalue weighted by atomic mass is 35.5. The van der Waals surface area contributed by atoms with Gasteiger partial charge in [0.1, 0.15) is 0 Å². The molecule has 1 aromatic carbocycles. The molecule has 4 unspecified atom stereocenters. The fourth-order valence-corrected chi connectivity index (χ4v) is 4.00. The second-order valence-corrected chi connectivity index (χ2v) is 6.76. The number of carbonyl (C=O) groups is 2. The second-order valence-electron chi connectivity index (χ2n) is 6.76. The van der Waals surface area contributed by atoms with E-state index in [1.807, 2.05) is 6.92 Å². The Balaban J connectivity index is 0.00000208. The molecule has 3 rings (SSSR count). The number of amides is 2. The minimum atomic E-state index is -0.0835. The van der Waals surface area contributed by atoms with E-state index in [1.54, 1.807) is 24.3 Å². The lowest BCUT2D eigenvalue weighted by Crippen LogP contribution is -2.42. The number of halogens is 1. The number of nitrogens with one attached hydrogen (secondary N) is 2. The first-order chi connectivity index (χ1) is 11.1. The Morgan fingerprint density at radius 2 is 1.83 bits per heavy atom. The van der Waals surface area contributed by atoms with Gasteiger partial charge in [-0.2, -0.15) is 0 Å². The Labute approximate surface area is 149 Å². The Bertz CT molecular complexity index is 588. The number of benzene rings is 1. The van der Waals surface area contributed by atoms with Crippen LogP contribution in [0.25, 0.3) is 0 Å². The van der Waals surface area contributed by atoms with E-state index in [-0.39, 0.29) is 36.2 Å². The highest BCUT2D eigenvalue weighted by molar-refractivity contribution is 5.96. The van der Waals surface area contributed by atoms with Crippen LogP contribution in [0.1, 0.15) is 43.0 Å². The summed E-state index contributed by atoms with van der Waals surface area (Å²) in [4.78, 5) is 24.4. The lowest BCUT2D eigenvalue weighted by Gasteiger charge is -2.27. The molecule has 5 nitrogen and oxygen atoms in total. The van der Waals surface area contributed by atoms with E-state index in [0.29, 0.717) is 23.9 Å². The molecule has 2 aliphatic rings. The van der Waals surface area contributed by atoms with Crippen LogP contribution in [0, 0.1) is 17.8 Å². The van der Waals surface area contributed by atoms with Crippen LogP contribution in [0.5, 0.6) is 0 Å². The standard InChI is InChI=1S/C18H25N3O2.ClH/c1-2-9-20-17(22)11-5-7-14(8-6-11)21-18(23)15-12-3-4-13(10-12)16(15)19;/h5-8,12-13,15-16H,2-4,9-10,19H2,1H3,(H,20,22)(H,21,23);1H. The predicted molar refractivity (Wildman–Crippen MR) is 97.2 cm³/mol. The lowest BCUT2D eigenvalue weighted by molar-refractivity contribution is -0.121. The molecule has 0 aliphatic heterocycles. The average molecular weight is 352 g/mol. The largest absolute Gasteiger partial charge is 0.352 e. The maximum absolute atomic E-state index is 12.5. The van der Waals surface area contributed by atoms with E-state index >= 15 is 0 Å². The van der Waals surface area contributed by atoms with Gasteiger partial charge in [0.25, 0.3) is 5.91 Å². The second kappa shape index (κ2) is 7.99. The number of rotatable bonds is 5. The molecule has 4 atom stereocenters. The van der Waals surface area contributed by atoms with Gasteiger partial charge in [-0.3, -0.25) is 9.59 Å². The first kappa shape index (κ1) is 18.7. The van der Waals surface area contributed by atoms with Crippen molar-refractivity contribution in [2.75, 3.05) is 11.9 Å². The van der Waals surface area contributed by atoms with Crippen LogP contribution in [0.15, 0.2) is 24.3 Å². The molecular weight excluding hydrogens is 326 g/mol. The van der Waals surface area contributed by atoms with E-state index < -0.39 is 0 Å². The zero-order valence-corrected chi connectivity index (χ0v) is 14.8. The van der Waals surface area contributed by atoms with Gasteiger partial charge >= 0.3 is 0 Å². The number of carbonyl (C=O) groups excluding carboxylic acids is 2. The minimum Gasteiger partial charge on any atom is -0.352 e. The van der Waals surface area contributed by atoms with E-state index in [0.717, 1.165) is 31.4 Å². The van der Waals surface area contributed by atoms with Crippen molar-refractivity contribution >= 4 is 29.9 Å². The van der Waals surface area contributed by atoms with Crippen molar-refractivity contribution in [1.29, 1.82) is 0 Å². The summed E-state index contributed by atoms with van der Waals surface area (Å²) in [7, 11) is 0. The Morgan fingerprint density at radius 1 is 1.17 bits per heavy atom. The van der Waals surface area contributed by atoms with E-state index in [2.05, 4.69) is 10.6 Å². The Morgan fingerprint density at radius 3 is 2.42 bits per heavy atom. The molecule has 0 heterocycles.